The normalized spacial score (nSPS) is 10.4. The molecule has 140 valence electrons. The summed E-state index contributed by atoms with van der Waals surface area (Å²) in [6.45, 7) is 5.41. The molecule has 0 amide bonds. The molecule has 0 atom stereocenters. The number of methoxy groups -OCH3 is 1. The van der Waals surface area contributed by atoms with Gasteiger partial charge in [0, 0.05) is 5.02 Å². The molecule has 0 aliphatic carbocycles. The van der Waals surface area contributed by atoms with Crippen LogP contribution in [0.15, 0.2) is 49.1 Å². The van der Waals surface area contributed by atoms with Crippen LogP contribution < -0.4 is 14.2 Å². The molecule has 0 spiro atoms. The Morgan fingerprint density at radius 3 is 2.23 bits per heavy atom. The molecular weight excluding hydrogens is 375 g/mol. The van der Waals surface area contributed by atoms with Gasteiger partial charge in [0.05, 0.1) is 25.3 Å². The summed E-state index contributed by atoms with van der Waals surface area (Å²) in [6.07, 6.45) is 2.64. The van der Waals surface area contributed by atoms with Crippen LogP contribution in [0.4, 0.5) is 0 Å². The molecule has 0 radical (unpaired) electrons. The minimum Gasteiger partial charge on any atom is -0.493 e. The van der Waals surface area contributed by atoms with Gasteiger partial charge in [0.1, 0.15) is 19.0 Å². The van der Waals surface area contributed by atoms with Crippen molar-refractivity contribution in [2.75, 3.05) is 33.5 Å². The van der Waals surface area contributed by atoms with Gasteiger partial charge in [-0.25, -0.2) is 0 Å². The van der Waals surface area contributed by atoms with Crippen molar-refractivity contribution >= 4 is 23.2 Å². The molecule has 0 heterocycles. The van der Waals surface area contributed by atoms with Gasteiger partial charge in [-0.2, -0.15) is 0 Å². The van der Waals surface area contributed by atoms with Crippen LogP contribution in [-0.4, -0.2) is 33.5 Å². The highest BCUT2D eigenvalue weighted by Crippen LogP contribution is 2.28. The number of hydrogen-bond donors (Lipinski definition) is 0. The standard InChI is InChI=1S/C20H22Cl2O4/c1-3-4-15-5-7-19(20(13-15)23-2)26-12-10-24-9-11-25-18-8-6-16(21)14-17(18)22/h3,5-8,13-14H,1,4,9-12H2,2H3. The van der Waals surface area contributed by atoms with E-state index in [0.717, 1.165) is 12.0 Å². The maximum atomic E-state index is 6.03. The van der Waals surface area contributed by atoms with Crippen LogP contribution >= 0.6 is 23.2 Å². The van der Waals surface area contributed by atoms with E-state index < -0.39 is 0 Å². The lowest BCUT2D eigenvalue weighted by atomic mass is 10.1. The van der Waals surface area contributed by atoms with Gasteiger partial charge in [0.2, 0.25) is 0 Å². The van der Waals surface area contributed by atoms with Gasteiger partial charge in [-0.3, -0.25) is 0 Å². The Balaban J connectivity index is 1.66. The summed E-state index contributed by atoms with van der Waals surface area (Å²) in [4.78, 5) is 0. The van der Waals surface area contributed by atoms with E-state index in [4.69, 9.17) is 42.1 Å². The Morgan fingerprint density at radius 1 is 0.885 bits per heavy atom. The highest BCUT2D eigenvalue weighted by Gasteiger charge is 2.06. The van der Waals surface area contributed by atoms with E-state index in [1.165, 1.54) is 0 Å². The number of benzene rings is 2. The first-order valence-corrected chi connectivity index (χ1v) is 8.96. The maximum absolute atomic E-state index is 6.03. The maximum Gasteiger partial charge on any atom is 0.161 e. The summed E-state index contributed by atoms with van der Waals surface area (Å²) in [6, 6.07) is 10.9. The molecule has 6 heteroatoms. The Labute approximate surface area is 164 Å². The zero-order valence-electron chi connectivity index (χ0n) is 14.7. The molecule has 0 bridgehead atoms. The van der Waals surface area contributed by atoms with Crippen LogP contribution in [0.1, 0.15) is 5.56 Å². The lowest BCUT2D eigenvalue weighted by molar-refractivity contribution is 0.0757. The molecule has 0 aromatic heterocycles. The third kappa shape index (κ3) is 6.45. The molecule has 26 heavy (non-hydrogen) atoms. The summed E-state index contributed by atoms with van der Waals surface area (Å²) in [5.41, 5.74) is 1.12. The summed E-state index contributed by atoms with van der Waals surface area (Å²) < 4.78 is 22.1. The molecule has 0 N–H and O–H groups in total. The SMILES string of the molecule is C=CCc1ccc(OCCOCCOc2ccc(Cl)cc2Cl)c(OC)c1. The number of rotatable bonds is 11. The second kappa shape index (κ2) is 11.0. The quantitative estimate of drug-likeness (QED) is 0.386. The molecule has 0 unspecified atom stereocenters. The highest BCUT2D eigenvalue weighted by molar-refractivity contribution is 6.35. The van der Waals surface area contributed by atoms with Crippen molar-refractivity contribution in [2.24, 2.45) is 0 Å². The molecule has 4 nitrogen and oxygen atoms in total. The van der Waals surface area contributed by atoms with Crippen LogP contribution in [0, 0.1) is 0 Å². The van der Waals surface area contributed by atoms with Crippen LogP contribution in [-0.2, 0) is 11.2 Å². The van der Waals surface area contributed by atoms with Crippen LogP contribution in [0.2, 0.25) is 10.0 Å². The van der Waals surface area contributed by atoms with E-state index in [1.807, 2.05) is 24.3 Å². The Morgan fingerprint density at radius 2 is 1.58 bits per heavy atom. The predicted molar refractivity (Wildman–Crippen MR) is 105 cm³/mol. The van der Waals surface area contributed by atoms with Gasteiger partial charge < -0.3 is 18.9 Å². The first-order chi connectivity index (χ1) is 12.6. The second-order valence-corrected chi connectivity index (χ2v) is 6.21. The molecule has 0 fully saturated rings. The monoisotopic (exact) mass is 396 g/mol. The van der Waals surface area contributed by atoms with Gasteiger partial charge in [-0.1, -0.05) is 35.3 Å². The van der Waals surface area contributed by atoms with Crippen molar-refractivity contribution in [3.63, 3.8) is 0 Å². The molecule has 2 aromatic rings. The minimum absolute atomic E-state index is 0.390. The van der Waals surface area contributed by atoms with E-state index in [0.29, 0.717) is 53.7 Å². The molecule has 0 aliphatic heterocycles. The number of allylic oxidation sites excluding steroid dienone is 1. The Bertz CT molecular complexity index is 719. The molecule has 2 aromatic carbocycles. The number of ether oxygens (including phenoxy) is 4. The summed E-state index contributed by atoms with van der Waals surface area (Å²) in [7, 11) is 1.62. The first-order valence-electron chi connectivity index (χ1n) is 8.20. The van der Waals surface area contributed by atoms with E-state index in [9.17, 15) is 0 Å². The van der Waals surface area contributed by atoms with E-state index in [-0.39, 0.29) is 0 Å². The predicted octanol–water partition coefficient (Wildman–Crippen LogP) is 5.20. The molecular formula is C20H22Cl2O4. The zero-order chi connectivity index (χ0) is 18.8. The van der Waals surface area contributed by atoms with Crippen molar-refractivity contribution in [3.05, 3.63) is 64.7 Å². The largest absolute Gasteiger partial charge is 0.493 e. The van der Waals surface area contributed by atoms with Crippen molar-refractivity contribution < 1.29 is 18.9 Å². The van der Waals surface area contributed by atoms with Gasteiger partial charge in [0.15, 0.2) is 11.5 Å². The van der Waals surface area contributed by atoms with Gasteiger partial charge >= 0.3 is 0 Å². The van der Waals surface area contributed by atoms with Gasteiger partial charge in [-0.05, 0) is 42.3 Å². The molecule has 0 saturated carbocycles. The fourth-order valence-electron chi connectivity index (χ4n) is 2.24. The van der Waals surface area contributed by atoms with Crippen LogP contribution in [0.5, 0.6) is 17.2 Å². The second-order valence-electron chi connectivity index (χ2n) is 5.36. The topological polar surface area (TPSA) is 36.9 Å². The third-order valence-corrected chi connectivity index (χ3v) is 4.00. The third-order valence-electron chi connectivity index (χ3n) is 3.47. The van der Waals surface area contributed by atoms with Crippen LogP contribution in [0.25, 0.3) is 0 Å². The van der Waals surface area contributed by atoms with Crippen LogP contribution in [0.3, 0.4) is 0 Å². The average Bonchev–Trinajstić information content (AvgIpc) is 2.63. The Kier molecular flexibility index (Phi) is 8.62. The van der Waals surface area contributed by atoms with Gasteiger partial charge in [-0.15, -0.1) is 6.58 Å². The first kappa shape index (κ1) is 20.4. The molecule has 0 saturated heterocycles. The smallest absolute Gasteiger partial charge is 0.161 e. The number of halogens is 2. The lowest BCUT2D eigenvalue weighted by Gasteiger charge is -2.12. The molecule has 2 rings (SSSR count). The summed E-state index contributed by atoms with van der Waals surface area (Å²) in [5.74, 6) is 1.97. The Hall–Kier alpha value is -1.88. The molecule has 0 aliphatic rings. The van der Waals surface area contributed by atoms with E-state index in [1.54, 1.807) is 25.3 Å². The fraction of sp³-hybridized carbons (Fsp3) is 0.300. The van der Waals surface area contributed by atoms with E-state index in [2.05, 4.69) is 6.58 Å². The highest BCUT2D eigenvalue weighted by atomic mass is 35.5. The summed E-state index contributed by atoms with van der Waals surface area (Å²) in [5, 5.41) is 1.05. The van der Waals surface area contributed by atoms with Crippen molar-refractivity contribution in [1.82, 2.24) is 0 Å². The summed E-state index contributed by atoms with van der Waals surface area (Å²) >= 11 is 11.9. The van der Waals surface area contributed by atoms with Crippen molar-refractivity contribution in [1.29, 1.82) is 0 Å². The van der Waals surface area contributed by atoms with Crippen molar-refractivity contribution in [2.45, 2.75) is 6.42 Å². The zero-order valence-corrected chi connectivity index (χ0v) is 16.2. The minimum atomic E-state index is 0.390. The van der Waals surface area contributed by atoms with E-state index >= 15 is 0 Å². The van der Waals surface area contributed by atoms with Gasteiger partial charge in [0.25, 0.3) is 0 Å². The van der Waals surface area contributed by atoms with Crippen molar-refractivity contribution in [3.8, 4) is 17.2 Å². The number of hydrogen-bond acceptors (Lipinski definition) is 4. The average molecular weight is 397 g/mol. The fourth-order valence-corrected chi connectivity index (χ4v) is 2.70. The lowest BCUT2D eigenvalue weighted by Crippen LogP contribution is -2.12.